The molecule has 1 aromatic carbocycles. The molecular formula is C22H29N5O5. The Balaban J connectivity index is 1.85. The lowest BCUT2D eigenvalue weighted by Gasteiger charge is -2.10. The van der Waals surface area contributed by atoms with E-state index in [-0.39, 0.29) is 31.1 Å². The zero-order chi connectivity index (χ0) is 22.8. The van der Waals surface area contributed by atoms with Crippen LogP contribution in [0.1, 0.15) is 38.2 Å². The molecular weight excluding hydrogens is 414 g/mol. The van der Waals surface area contributed by atoms with Crippen LogP contribution in [0.5, 0.6) is 12.0 Å². The lowest BCUT2D eigenvalue weighted by molar-refractivity contribution is 0.0929. The highest BCUT2D eigenvalue weighted by atomic mass is 16.7. The van der Waals surface area contributed by atoms with Crippen molar-refractivity contribution in [2.75, 3.05) is 32.7 Å². The molecule has 0 atom stereocenters. The molecule has 172 valence electrons. The SMILES string of the molecule is CCCCCCOC(=O)Oc1nc2c(N)nc(OCCOC)nc2n1Cc1ccccc1. The second-order valence-corrected chi connectivity index (χ2v) is 7.13. The molecule has 3 aromatic rings. The Labute approximate surface area is 186 Å². The molecule has 10 heteroatoms. The Morgan fingerprint density at radius 3 is 2.59 bits per heavy atom. The molecule has 0 unspecified atom stereocenters. The van der Waals surface area contributed by atoms with Crippen LogP contribution in [0.15, 0.2) is 30.3 Å². The number of nitrogens with zero attached hydrogens (tertiary/aromatic N) is 4. The third kappa shape index (κ3) is 6.30. The molecule has 3 rings (SSSR count). The predicted octanol–water partition coefficient (Wildman–Crippen LogP) is 3.58. The maximum absolute atomic E-state index is 12.2. The molecule has 0 saturated carbocycles. The van der Waals surface area contributed by atoms with E-state index < -0.39 is 6.16 Å². The maximum Gasteiger partial charge on any atom is 0.516 e. The minimum Gasteiger partial charge on any atom is -0.461 e. The normalized spacial score (nSPS) is 10.9. The van der Waals surface area contributed by atoms with Gasteiger partial charge in [-0.3, -0.25) is 4.57 Å². The molecule has 0 amide bonds. The van der Waals surface area contributed by atoms with Gasteiger partial charge in [-0.05, 0) is 12.0 Å². The molecule has 2 aromatic heterocycles. The number of hydrogen-bond acceptors (Lipinski definition) is 9. The third-order valence-corrected chi connectivity index (χ3v) is 4.66. The third-order valence-electron chi connectivity index (χ3n) is 4.66. The van der Waals surface area contributed by atoms with Crippen molar-refractivity contribution in [1.82, 2.24) is 19.5 Å². The van der Waals surface area contributed by atoms with E-state index in [1.54, 1.807) is 11.7 Å². The van der Waals surface area contributed by atoms with E-state index in [0.717, 1.165) is 31.2 Å². The van der Waals surface area contributed by atoms with E-state index in [1.165, 1.54) is 0 Å². The molecule has 32 heavy (non-hydrogen) atoms. The number of nitrogens with two attached hydrogens (primary N) is 1. The summed E-state index contributed by atoms with van der Waals surface area (Å²) in [4.78, 5) is 25.2. The van der Waals surface area contributed by atoms with Gasteiger partial charge in [0.05, 0.1) is 19.8 Å². The van der Waals surface area contributed by atoms with Crippen molar-refractivity contribution in [1.29, 1.82) is 0 Å². The highest BCUT2D eigenvalue weighted by Gasteiger charge is 2.21. The van der Waals surface area contributed by atoms with E-state index in [0.29, 0.717) is 24.3 Å². The highest BCUT2D eigenvalue weighted by molar-refractivity contribution is 5.83. The van der Waals surface area contributed by atoms with Gasteiger partial charge in [0.25, 0.3) is 0 Å². The number of unbranched alkanes of at least 4 members (excludes halogenated alkanes) is 3. The van der Waals surface area contributed by atoms with Gasteiger partial charge >= 0.3 is 18.2 Å². The van der Waals surface area contributed by atoms with Crippen LogP contribution in [-0.4, -0.2) is 52.6 Å². The zero-order valence-corrected chi connectivity index (χ0v) is 18.5. The molecule has 0 aliphatic carbocycles. The minimum absolute atomic E-state index is 0.0254. The van der Waals surface area contributed by atoms with Crippen LogP contribution < -0.4 is 15.2 Å². The number of nitrogen functional groups attached to an aromatic ring is 1. The summed E-state index contributed by atoms with van der Waals surface area (Å²) in [5.74, 6) is 0.118. The molecule has 0 spiro atoms. The first-order valence-electron chi connectivity index (χ1n) is 10.7. The van der Waals surface area contributed by atoms with E-state index in [4.69, 9.17) is 24.7 Å². The van der Waals surface area contributed by atoms with Crippen LogP contribution in [0, 0.1) is 0 Å². The zero-order valence-electron chi connectivity index (χ0n) is 18.5. The van der Waals surface area contributed by atoms with Gasteiger partial charge in [-0.1, -0.05) is 56.5 Å². The quantitative estimate of drug-likeness (QED) is 0.330. The summed E-state index contributed by atoms with van der Waals surface area (Å²) in [5, 5.41) is 0. The first-order valence-corrected chi connectivity index (χ1v) is 10.7. The fourth-order valence-electron chi connectivity index (χ4n) is 3.04. The number of rotatable bonds is 12. The molecule has 0 aliphatic heterocycles. The summed E-state index contributed by atoms with van der Waals surface area (Å²) in [6.45, 7) is 3.40. The molecule has 0 saturated heterocycles. The average Bonchev–Trinajstić information content (AvgIpc) is 3.12. The summed E-state index contributed by atoms with van der Waals surface area (Å²) in [5.41, 5.74) is 7.75. The Kier molecular flexibility index (Phi) is 8.61. The van der Waals surface area contributed by atoms with Crippen LogP contribution in [0.4, 0.5) is 10.6 Å². The van der Waals surface area contributed by atoms with Gasteiger partial charge in [-0.15, -0.1) is 0 Å². The van der Waals surface area contributed by atoms with Crippen molar-refractivity contribution in [2.24, 2.45) is 0 Å². The largest absolute Gasteiger partial charge is 0.516 e. The molecule has 0 aliphatic rings. The number of carbonyl (C=O) groups is 1. The Bertz CT molecular complexity index is 1010. The van der Waals surface area contributed by atoms with E-state index in [2.05, 4.69) is 21.9 Å². The number of hydrogen-bond donors (Lipinski definition) is 1. The van der Waals surface area contributed by atoms with Crippen LogP contribution in [-0.2, 0) is 16.0 Å². The molecule has 10 nitrogen and oxygen atoms in total. The molecule has 2 N–H and O–H groups in total. The number of ether oxygens (including phenoxy) is 4. The maximum atomic E-state index is 12.2. The summed E-state index contributed by atoms with van der Waals surface area (Å²) < 4.78 is 22.7. The first-order chi connectivity index (χ1) is 15.6. The first kappa shape index (κ1) is 23.3. The van der Waals surface area contributed by atoms with E-state index in [9.17, 15) is 4.79 Å². The number of carbonyl (C=O) groups excluding carboxylic acids is 1. The lowest BCUT2D eigenvalue weighted by Crippen LogP contribution is -2.15. The van der Waals surface area contributed by atoms with Crippen molar-refractivity contribution in [3.63, 3.8) is 0 Å². The van der Waals surface area contributed by atoms with Crippen molar-refractivity contribution in [3.05, 3.63) is 35.9 Å². The predicted molar refractivity (Wildman–Crippen MR) is 119 cm³/mol. The fourth-order valence-corrected chi connectivity index (χ4v) is 3.04. The average molecular weight is 444 g/mol. The Morgan fingerprint density at radius 1 is 1.03 bits per heavy atom. The highest BCUT2D eigenvalue weighted by Crippen LogP contribution is 2.27. The van der Waals surface area contributed by atoms with Crippen LogP contribution >= 0.6 is 0 Å². The van der Waals surface area contributed by atoms with E-state index >= 15 is 0 Å². The number of fused-ring (bicyclic) bond motifs is 1. The number of anilines is 1. The second kappa shape index (κ2) is 11.8. The van der Waals surface area contributed by atoms with Gasteiger partial charge in [-0.25, -0.2) is 4.79 Å². The standard InChI is InChI=1S/C22H29N5O5/c1-3-4-5-9-12-31-22(28)32-21-24-17-18(23)25-20(30-14-13-29-2)26-19(17)27(21)15-16-10-7-6-8-11-16/h6-8,10-11H,3-5,9,12-15H2,1-2H3,(H2,23,25,26). The molecule has 2 heterocycles. The number of benzene rings is 1. The monoisotopic (exact) mass is 443 g/mol. The summed E-state index contributed by atoms with van der Waals surface area (Å²) >= 11 is 0. The van der Waals surface area contributed by atoms with Crippen molar-refractivity contribution >= 4 is 23.1 Å². The van der Waals surface area contributed by atoms with Crippen LogP contribution in [0.3, 0.4) is 0 Å². The summed E-state index contributed by atoms with van der Waals surface area (Å²) in [6, 6.07) is 9.77. The van der Waals surface area contributed by atoms with Gasteiger partial charge < -0.3 is 24.7 Å². The number of methoxy groups -OCH3 is 1. The summed E-state index contributed by atoms with van der Waals surface area (Å²) in [7, 11) is 1.57. The Morgan fingerprint density at radius 2 is 1.84 bits per heavy atom. The lowest BCUT2D eigenvalue weighted by atomic mass is 10.2. The smallest absolute Gasteiger partial charge is 0.461 e. The van der Waals surface area contributed by atoms with Gasteiger partial charge in [-0.2, -0.15) is 15.0 Å². The van der Waals surface area contributed by atoms with E-state index in [1.807, 2.05) is 30.3 Å². The van der Waals surface area contributed by atoms with Gasteiger partial charge in [0, 0.05) is 7.11 Å². The molecule has 0 radical (unpaired) electrons. The van der Waals surface area contributed by atoms with Crippen molar-refractivity contribution < 1.29 is 23.7 Å². The number of imidazole rings is 1. The van der Waals surface area contributed by atoms with Crippen molar-refractivity contribution in [2.45, 2.75) is 39.2 Å². The fraction of sp³-hybridized carbons (Fsp3) is 0.455. The van der Waals surface area contributed by atoms with Gasteiger partial charge in [0.1, 0.15) is 6.61 Å². The van der Waals surface area contributed by atoms with Gasteiger partial charge in [0.15, 0.2) is 17.0 Å². The van der Waals surface area contributed by atoms with Crippen LogP contribution in [0.25, 0.3) is 11.2 Å². The van der Waals surface area contributed by atoms with Crippen LogP contribution in [0.2, 0.25) is 0 Å². The minimum atomic E-state index is -0.825. The second-order valence-electron chi connectivity index (χ2n) is 7.13. The topological polar surface area (TPSA) is 124 Å². The molecule has 0 fully saturated rings. The molecule has 0 bridgehead atoms. The van der Waals surface area contributed by atoms with Gasteiger partial charge in [0.2, 0.25) is 0 Å². The Hall–Kier alpha value is -3.40. The number of aromatic nitrogens is 4. The van der Waals surface area contributed by atoms with Crippen molar-refractivity contribution in [3.8, 4) is 12.0 Å². The summed E-state index contributed by atoms with van der Waals surface area (Å²) in [6.07, 6.45) is 3.15.